The summed E-state index contributed by atoms with van der Waals surface area (Å²) >= 11 is 0. The fraction of sp³-hybridized carbons (Fsp3) is 0.750. The van der Waals surface area contributed by atoms with Crippen LogP contribution in [0.3, 0.4) is 0 Å². The quantitative estimate of drug-likeness (QED) is 0.433. The molecule has 0 atom stereocenters. The Morgan fingerprint density at radius 2 is 2.22 bits per heavy atom. The van der Waals surface area contributed by atoms with Gasteiger partial charge in [0.1, 0.15) is 0 Å². The van der Waals surface area contributed by atoms with E-state index in [1.54, 1.807) is 0 Å². The molecular weight excluding hydrogens is 112 g/mol. The Bertz CT molecular complexity index is 125. The average Bonchev–Trinajstić information content (AvgIpc) is 2.63. The Kier molecular flexibility index (Phi) is 2.60. The highest BCUT2D eigenvalue weighted by Gasteiger charge is 2.17. The van der Waals surface area contributed by atoms with Crippen LogP contribution in [0, 0.1) is 17.8 Å². The molecule has 0 spiro atoms. The fourth-order valence-electron chi connectivity index (χ4n) is 0.612. The van der Waals surface area contributed by atoms with Crippen molar-refractivity contribution in [1.29, 1.82) is 0 Å². The standard InChI is InChI=1S/C8H12O/c9-7-3-1-2-4-8-5-6-8/h8-9H,1,3,5-7H2. The third-order valence-electron chi connectivity index (χ3n) is 1.34. The van der Waals surface area contributed by atoms with Gasteiger partial charge in [0.15, 0.2) is 0 Å². The summed E-state index contributed by atoms with van der Waals surface area (Å²) in [5, 5.41) is 8.38. The highest BCUT2D eigenvalue weighted by Crippen LogP contribution is 2.27. The molecule has 0 heterocycles. The molecule has 0 aromatic heterocycles. The average molecular weight is 124 g/mol. The molecule has 0 saturated heterocycles. The van der Waals surface area contributed by atoms with Gasteiger partial charge in [-0.15, -0.1) is 5.92 Å². The molecule has 1 aliphatic rings. The molecule has 0 unspecified atom stereocenters. The van der Waals surface area contributed by atoms with Crippen LogP contribution in [0.25, 0.3) is 0 Å². The molecule has 0 aromatic carbocycles. The van der Waals surface area contributed by atoms with Crippen LogP contribution in [0.1, 0.15) is 25.7 Å². The predicted molar refractivity (Wildman–Crippen MR) is 36.8 cm³/mol. The number of hydrogen-bond acceptors (Lipinski definition) is 1. The van der Waals surface area contributed by atoms with E-state index in [1.807, 2.05) is 0 Å². The van der Waals surface area contributed by atoms with Gasteiger partial charge >= 0.3 is 0 Å². The number of aliphatic hydroxyl groups is 1. The van der Waals surface area contributed by atoms with Crippen molar-refractivity contribution >= 4 is 0 Å². The summed E-state index contributed by atoms with van der Waals surface area (Å²) in [6, 6.07) is 0. The largest absolute Gasteiger partial charge is 0.396 e. The highest BCUT2D eigenvalue weighted by molar-refractivity contribution is 5.08. The van der Waals surface area contributed by atoms with Crippen LogP contribution in [0.15, 0.2) is 0 Å². The first-order valence-corrected chi connectivity index (χ1v) is 3.52. The molecule has 1 heteroatoms. The minimum Gasteiger partial charge on any atom is -0.396 e. The van der Waals surface area contributed by atoms with Gasteiger partial charge in [-0.2, -0.15) is 0 Å². The van der Waals surface area contributed by atoms with Crippen molar-refractivity contribution in [1.82, 2.24) is 0 Å². The lowest BCUT2D eigenvalue weighted by molar-refractivity contribution is 0.290. The van der Waals surface area contributed by atoms with Crippen molar-refractivity contribution in [2.45, 2.75) is 25.7 Å². The van der Waals surface area contributed by atoms with Crippen molar-refractivity contribution in [3.05, 3.63) is 0 Å². The van der Waals surface area contributed by atoms with Gasteiger partial charge in [0.2, 0.25) is 0 Å². The summed E-state index contributed by atoms with van der Waals surface area (Å²) in [4.78, 5) is 0. The van der Waals surface area contributed by atoms with Crippen LogP contribution in [0.2, 0.25) is 0 Å². The predicted octanol–water partition coefficient (Wildman–Crippen LogP) is 1.17. The Morgan fingerprint density at radius 3 is 2.78 bits per heavy atom. The van der Waals surface area contributed by atoms with E-state index in [-0.39, 0.29) is 6.61 Å². The minimum atomic E-state index is 0.277. The first-order valence-electron chi connectivity index (χ1n) is 3.52. The van der Waals surface area contributed by atoms with E-state index in [0.717, 1.165) is 12.8 Å². The molecule has 0 aliphatic heterocycles. The topological polar surface area (TPSA) is 20.2 Å². The van der Waals surface area contributed by atoms with Crippen LogP contribution in [0.4, 0.5) is 0 Å². The van der Waals surface area contributed by atoms with Crippen LogP contribution in [-0.2, 0) is 0 Å². The maximum absolute atomic E-state index is 8.38. The maximum atomic E-state index is 8.38. The van der Waals surface area contributed by atoms with E-state index < -0.39 is 0 Å². The zero-order valence-corrected chi connectivity index (χ0v) is 5.56. The zero-order valence-electron chi connectivity index (χ0n) is 5.56. The molecule has 9 heavy (non-hydrogen) atoms. The Balaban J connectivity index is 1.96. The molecule has 1 N–H and O–H groups in total. The minimum absolute atomic E-state index is 0.277. The lowest BCUT2D eigenvalue weighted by Crippen LogP contribution is -1.78. The van der Waals surface area contributed by atoms with Gasteiger partial charge in [-0.3, -0.25) is 0 Å². The third-order valence-corrected chi connectivity index (χ3v) is 1.34. The van der Waals surface area contributed by atoms with Crippen molar-refractivity contribution < 1.29 is 5.11 Å². The molecule has 1 aliphatic carbocycles. The molecule has 1 nitrogen and oxygen atoms in total. The summed E-state index contributed by atoms with van der Waals surface area (Å²) < 4.78 is 0. The number of unbranched alkanes of at least 4 members (excludes halogenated alkanes) is 1. The van der Waals surface area contributed by atoms with E-state index in [9.17, 15) is 0 Å². The number of aliphatic hydroxyl groups excluding tert-OH is 1. The van der Waals surface area contributed by atoms with Crippen molar-refractivity contribution in [2.24, 2.45) is 5.92 Å². The van der Waals surface area contributed by atoms with Gasteiger partial charge in [-0.05, 0) is 19.3 Å². The molecule has 0 bridgehead atoms. The Morgan fingerprint density at radius 1 is 1.44 bits per heavy atom. The van der Waals surface area contributed by atoms with Gasteiger partial charge < -0.3 is 5.11 Å². The monoisotopic (exact) mass is 124 g/mol. The van der Waals surface area contributed by atoms with Crippen molar-refractivity contribution in [3.63, 3.8) is 0 Å². The van der Waals surface area contributed by atoms with E-state index in [1.165, 1.54) is 12.8 Å². The molecule has 0 aromatic rings. The van der Waals surface area contributed by atoms with E-state index in [0.29, 0.717) is 5.92 Å². The van der Waals surface area contributed by atoms with Crippen LogP contribution in [-0.4, -0.2) is 11.7 Å². The van der Waals surface area contributed by atoms with Crippen molar-refractivity contribution in [3.8, 4) is 11.8 Å². The summed E-state index contributed by atoms with van der Waals surface area (Å²) in [7, 11) is 0. The lowest BCUT2D eigenvalue weighted by atomic mass is 10.3. The fourth-order valence-corrected chi connectivity index (χ4v) is 0.612. The van der Waals surface area contributed by atoms with E-state index in [2.05, 4.69) is 11.8 Å². The lowest BCUT2D eigenvalue weighted by Gasteiger charge is -1.82. The molecule has 1 fully saturated rings. The number of rotatable bonds is 2. The summed E-state index contributed by atoms with van der Waals surface area (Å²) in [6.07, 6.45) is 4.30. The molecule has 0 radical (unpaired) electrons. The molecule has 0 amide bonds. The van der Waals surface area contributed by atoms with Gasteiger partial charge in [0.25, 0.3) is 0 Å². The van der Waals surface area contributed by atoms with Crippen LogP contribution < -0.4 is 0 Å². The van der Waals surface area contributed by atoms with Crippen LogP contribution in [0.5, 0.6) is 0 Å². The summed E-state index contributed by atoms with van der Waals surface area (Å²) in [6.45, 7) is 0.277. The molecule has 50 valence electrons. The second-order valence-corrected chi connectivity index (χ2v) is 2.42. The van der Waals surface area contributed by atoms with Gasteiger partial charge in [-0.25, -0.2) is 0 Å². The van der Waals surface area contributed by atoms with Crippen LogP contribution >= 0.6 is 0 Å². The molecular formula is C8H12O. The summed E-state index contributed by atoms with van der Waals surface area (Å²) in [5.41, 5.74) is 0. The first-order chi connectivity index (χ1) is 4.43. The second kappa shape index (κ2) is 3.53. The van der Waals surface area contributed by atoms with Gasteiger partial charge in [-0.1, -0.05) is 5.92 Å². The maximum Gasteiger partial charge on any atom is 0.0440 e. The summed E-state index contributed by atoms with van der Waals surface area (Å²) in [5.74, 6) is 6.88. The third kappa shape index (κ3) is 3.16. The second-order valence-electron chi connectivity index (χ2n) is 2.42. The Hall–Kier alpha value is -0.480. The van der Waals surface area contributed by atoms with Gasteiger partial charge in [0.05, 0.1) is 0 Å². The molecule has 1 rings (SSSR count). The molecule has 1 saturated carbocycles. The van der Waals surface area contributed by atoms with Gasteiger partial charge in [0, 0.05) is 18.9 Å². The SMILES string of the molecule is OCCCC#CC1CC1. The first kappa shape index (κ1) is 6.64. The normalized spacial score (nSPS) is 16.6. The smallest absolute Gasteiger partial charge is 0.0440 e. The highest BCUT2D eigenvalue weighted by atomic mass is 16.2. The van der Waals surface area contributed by atoms with E-state index in [4.69, 9.17) is 5.11 Å². The Labute approximate surface area is 56.1 Å². The van der Waals surface area contributed by atoms with Crippen molar-refractivity contribution in [2.75, 3.05) is 6.61 Å². The van der Waals surface area contributed by atoms with E-state index >= 15 is 0 Å². The zero-order chi connectivity index (χ0) is 6.53. The number of hydrogen-bond donors (Lipinski definition) is 1.